The molecule has 1 amide bonds. The molecule has 2 heterocycles. The molecule has 1 aromatic heterocycles. The Morgan fingerprint density at radius 3 is 2.35 bits per heavy atom. The number of amides is 1. The number of anilines is 2. The highest BCUT2D eigenvalue weighted by molar-refractivity contribution is 6.20. The minimum absolute atomic E-state index is 0.0178. The number of fused-ring (bicyclic) bond motifs is 1. The van der Waals surface area contributed by atoms with Gasteiger partial charge in [-0.15, -0.1) is 5.10 Å². The SMILES string of the molecule is COc1ccc(CN2C(=O)C(Nc3nnc(-c4ccc(F)cc4)o3)N=C(c3ccccc3)c3ccccc32)cc1. The van der Waals surface area contributed by atoms with Crippen LogP contribution in [0.1, 0.15) is 16.7 Å². The molecule has 198 valence electrons. The number of hydrogen-bond acceptors (Lipinski definition) is 7. The highest BCUT2D eigenvalue weighted by Gasteiger charge is 2.33. The van der Waals surface area contributed by atoms with E-state index in [9.17, 15) is 9.18 Å². The van der Waals surface area contributed by atoms with Crippen LogP contribution in [-0.2, 0) is 11.3 Å². The monoisotopic (exact) mass is 533 g/mol. The molecule has 1 aliphatic rings. The van der Waals surface area contributed by atoms with E-state index in [0.717, 1.165) is 28.1 Å². The molecule has 4 aromatic carbocycles. The Hall–Kier alpha value is -5.31. The molecule has 0 bridgehead atoms. The van der Waals surface area contributed by atoms with Gasteiger partial charge in [-0.3, -0.25) is 4.79 Å². The first-order valence-corrected chi connectivity index (χ1v) is 12.6. The molecule has 6 rings (SSSR count). The number of rotatable bonds is 7. The lowest BCUT2D eigenvalue weighted by molar-refractivity contribution is -0.119. The Kier molecular flexibility index (Phi) is 6.76. The van der Waals surface area contributed by atoms with Gasteiger partial charge < -0.3 is 19.4 Å². The normalized spacial score (nSPS) is 14.8. The number of nitrogens with one attached hydrogen (secondary N) is 1. The predicted octanol–water partition coefficient (Wildman–Crippen LogP) is 5.71. The van der Waals surface area contributed by atoms with E-state index >= 15 is 0 Å². The molecule has 0 saturated carbocycles. The van der Waals surface area contributed by atoms with Crippen LogP contribution < -0.4 is 15.0 Å². The summed E-state index contributed by atoms with van der Waals surface area (Å²) in [6.07, 6.45) is -1.07. The molecule has 1 atom stereocenters. The Balaban J connectivity index is 1.40. The lowest BCUT2D eigenvalue weighted by Gasteiger charge is -2.25. The van der Waals surface area contributed by atoms with Crippen molar-refractivity contribution in [2.45, 2.75) is 12.7 Å². The van der Waals surface area contributed by atoms with Gasteiger partial charge in [0.2, 0.25) is 12.1 Å². The minimum Gasteiger partial charge on any atom is -0.497 e. The fraction of sp³-hybridized carbons (Fsp3) is 0.0968. The number of benzodiazepines with no additional fused rings is 1. The molecule has 1 N–H and O–H groups in total. The second-order valence-electron chi connectivity index (χ2n) is 9.10. The van der Waals surface area contributed by atoms with Crippen LogP contribution >= 0.6 is 0 Å². The standard InChI is InChI=1S/C31H24FN5O3/c1-39-24-17-11-20(12-18-24)19-37-26-10-6-5-9-25(26)27(21-7-3-2-4-8-21)33-28(30(37)38)34-31-36-35-29(40-31)22-13-15-23(32)16-14-22/h2-18,28H,19H2,1H3,(H,34,36). The van der Waals surface area contributed by atoms with Crippen molar-refractivity contribution in [1.29, 1.82) is 0 Å². The Morgan fingerprint density at radius 1 is 0.875 bits per heavy atom. The number of aliphatic imine (C=N–C) groups is 1. The number of nitrogens with zero attached hydrogens (tertiary/aromatic N) is 4. The predicted molar refractivity (Wildman–Crippen MR) is 150 cm³/mol. The quantitative estimate of drug-likeness (QED) is 0.288. The zero-order chi connectivity index (χ0) is 27.5. The second-order valence-corrected chi connectivity index (χ2v) is 9.10. The van der Waals surface area contributed by atoms with Gasteiger partial charge in [0.25, 0.3) is 5.91 Å². The first-order chi connectivity index (χ1) is 19.6. The Morgan fingerprint density at radius 2 is 1.60 bits per heavy atom. The van der Waals surface area contributed by atoms with Crippen LogP contribution in [-0.4, -0.2) is 35.1 Å². The van der Waals surface area contributed by atoms with E-state index in [1.54, 1.807) is 24.1 Å². The summed E-state index contributed by atoms with van der Waals surface area (Å²) in [5, 5.41) is 11.2. The summed E-state index contributed by atoms with van der Waals surface area (Å²) in [5.74, 6) is 0.254. The molecule has 0 aliphatic carbocycles. The van der Waals surface area contributed by atoms with Gasteiger partial charge in [-0.25, -0.2) is 9.38 Å². The summed E-state index contributed by atoms with van der Waals surface area (Å²) >= 11 is 0. The van der Waals surface area contributed by atoms with Crippen molar-refractivity contribution in [3.05, 3.63) is 126 Å². The third-order valence-corrected chi connectivity index (χ3v) is 6.53. The number of hydrogen-bond donors (Lipinski definition) is 1. The van der Waals surface area contributed by atoms with Gasteiger partial charge in [-0.2, -0.15) is 0 Å². The molecule has 0 radical (unpaired) electrons. The van der Waals surface area contributed by atoms with Crippen molar-refractivity contribution in [1.82, 2.24) is 10.2 Å². The molecule has 9 heteroatoms. The third-order valence-electron chi connectivity index (χ3n) is 6.53. The lowest BCUT2D eigenvalue weighted by Crippen LogP contribution is -2.41. The van der Waals surface area contributed by atoms with Crippen LogP contribution in [0.5, 0.6) is 5.75 Å². The van der Waals surface area contributed by atoms with E-state index in [0.29, 0.717) is 17.8 Å². The van der Waals surface area contributed by atoms with Crippen molar-refractivity contribution >= 4 is 23.3 Å². The van der Waals surface area contributed by atoms with Crippen LogP contribution in [0.2, 0.25) is 0 Å². The molecular weight excluding hydrogens is 509 g/mol. The Labute approximate surface area is 229 Å². The number of ether oxygens (including phenoxy) is 1. The first-order valence-electron chi connectivity index (χ1n) is 12.6. The summed E-state index contributed by atoms with van der Waals surface area (Å²) in [6.45, 7) is 0.306. The highest BCUT2D eigenvalue weighted by atomic mass is 19.1. The second kappa shape index (κ2) is 10.8. The van der Waals surface area contributed by atoms with Crippen molar-refractivity contribution in [2.24, 2.45) is 4.99 Å². The van der Waals surface area contributed by atoms with Crippen molar-refractivity contribution in [2.75, 3.05) is 17.3 Å². The highest BCUT2D eigenvalue weighted by Crippen LogP contribution is 2.31. The third kappa shape index (κ3) is 5.04. The number of halogens is 1. The van der Waals surface area contributed by atoms with E-state index in [1.807, 2.05) is 78.9 Å². The van der Waals surface area contributed by atoms with Gasteiger partial charge in [-0.1, -0.05) is 65.8 Å². The van der Waals surface area contributed by atoms with Gasteiger partial charge in [0.05, 0.1) is 25.1 Å². The van der Waals surface area contributed by atoms with Crippen LogP contribution in [0.4, 0.5) is 16.1 Å². The number of carbonyl (C=O) groups excluding carboxylic acids is 1. The van der Waals surface area contributed by atoms with Crippen molar-refractivity contribution in [3.63, 3.8) is 0 Å². The molecule has 5 aromatic rings. The number of methoxy groups -OCH3 is 1. The summed E-state index contributed by atoms with van der Waals surface area (Å²) in [4.78, 5) is 20.7. The number of aromatic nitrogens is 2. The topological polar surface area (TPSA) is 92.8 Å². The van der Waals surface area contributed by atoms with Crippen LogP contribution in [0, 0.1) is 5.82 Å². The van der Waals surface area contributed by atoms with E-state index in [2.05, 4.69) is 15.5 Å². The zero-order valence-corrected chi connectivity index (χ0v) is 21.5. The molecule has 1 unspecified atom stereocenters. The van der Waals surface area contributed by atoms with Crippen molar-refractivity contribution < 1.29 is 18.3 Å². The maximum Gasteiger partial charge on any atom is 0.317 e. The van der Waals surface area contributed by atoms with Crippen LogP contribution in [0.25, 0.3) is 11.5 Å². The number of para-hydroxylation sites is 1. The molecule has 40 heavy (non-hydrogen) atoms. The van der Waals surface area contributed by atoms with Gasteiger partial charge in [0, 0.05) is 16.7 Å². The van der Waals surface area contributed by atoms with Gasteiger partial charge in [0.15, 0.2) is 0 Å². The van der Waals surface area contributed by atoms with E-state index in [4.69, 9.17) is 14.1 Å². The largest absolute Gasteiger partial charge is 0.497 e. The van der Waals surface area contributed by atoms with Gasteiger partial charge >= 0.3 is 6.01 Å². The maximum atomic E-state index is 14.1. The molecule has 8 nitrogen and oxygen atoms in total. The summed E-state index contributed by atoms with van der Waals surface area (Å²) in [7, 11) is 1.61. The average molecular weight is 534 g/mol. The summed E-state index contributed by atoms with van der Waals surface area (Å²) < 4.78 is 24.5. The fourth-order valence-corrected chi connectivity index (χ4v) is 4.53. The maximum absolute atomic E-state index is 14.1. The summed E-state index contributed by atoms with van der Waals surface area (Å²) in [6, 6.07) is 30.7. The van der Waals surface area contributed by atoms with E-state index in [1.165, 1.54) is 12.1 Å². The summed E-state index contributed by atoms with van der Waals surface area (Å²) in [5.41, 5.74) is 4.53. The molecule has 0 fully saturated rings. The molecule has 1 aliphatic heterocycles. The Bertz CT molecular complexity index is 1670. The minimum atomic E-state index is -1.07. The molecule has 0 spiro atoms. The number of carbonyl (C=O) groups is 1. The molecular formula is C31H24FN5O3. The van der Waals surface area contributed by atoms with Crippen LogP contribution in [0.15, 0.2) is 113 Å². The van der Waals surface area contributed by atoms with E-state index < -0.39 is 6.17 Å². The van der Waals surface area contributed by atoms with Gasteiger partial charge in [-0.05, 0) is 48.0 Å². The first kappa shape index (κ1) is 25.0. The van der Waals surface area contributed by atoms with Crippen molar-refractivity contribution in [3.8, 4) is 17.2 Å². The zero-order valence-electron chi connectivity index (χ0n) is 21.5. The lowest BCUT2D eigenvalue weighted by atomic mass is 10.00. The van der Waals surface area contributed by atoms with Gasteiger partial charge in [0.1, 0.15) is 11.6 Å². The molecule has 0 saturated heterocycles. The van der Waals surface area contributed by atoms with E-state index in [-0.39, 0.29) is 23.6 Å². The average Bonchev–Trinajstić information content (AvgIpc) is 3.43. The fourth-order valence-electron chi connectivity index (χ4n) is 4.53. The smallest absolute Gasteiger partial charge is 0.317 e. The van der Waals surface area contributed by atoms with Crippen LogP contribution in [0.3, 0.4) is 0 Å². The number of benzene rings is 4.